The van der Waals surface area contributed by atoms with Crippen molar-refractivity contribution in [2.24, 2.45) is 0 Å². The third-order valence-corrected chi connectivity index (χ3v) is 3.02. The molecular weight excluding hydrogens is 222 g/mol. The molecule has 0 bridgehead atoms. The van der Waals surface area contributed by atoms with Crippen molar-refractivity contribution in [3.63, 3.8) is 0 Å². The van der Waals surface area contributed by atoms with E-state index in [1.807, 2.05) is 0 Å². The van der Waals surface area contributed by atoms with Crippen LogP contribution >= 0.6 is 0 Å². The minimum absolute atomic E-state index is 0.00212. The lowest BCUT2D eigenvalue weighted by atomic mass is 9.92. The fraction of sp³-hybridized carbons (Fsp3) is 0.545. The van der Waals surface area contributed by atoms with E-state index in [2.05, 4.69) is 10.3 Å². The van der Waals surface area contributed by atoms with Crippen molar-refractivity contribution in [1.29, 1.82) is 0 Å². The summed E-state index contributed by atoms with van der Waals surface area (Å²) in [5.74, 6) is 0.571. The van der Waals surface area contributed by atoms with E-state index in [1.54, 1.807) is 6.07 Å². The predicted octanol–water partition coefficient (Wildman–Crippen LogP) is 1.71. The maximum absolute atomic E-state index is 10.5. The Kier molecular flexibility index (Phi) is 3.53. The zero-order valence-electron chi connectivity index (χ0n) is 9.37. The van der Waals surface area contributed by atoms with E-state index in [1.165, 1.54) is 12.3 Å². The lowest BCUT2D eigenvalue weighted by molar-refractivity contribution is -0.385. The molecule has 2 atom stereocenters. The number of aliphatic hydroxyl groups is 1. The zero-order valence-corrected chi connectivity index (χ0v) is 9.37. The second-order valence-corrected chi connectivity index (χ2v) is 4.26. The Morgan fingerprint density at radius 3 is 2.76 bits per heavy atom. The summed E-state index contributed by atoms with van der Waals surface area (Å²) in [7, 11) is 0. The summed E-state index contributed by atoms with van der Waals surface area (Å²) in [6, 6.07) is 2.97. The molecule has 0 spiro atoms. The summed E-state index contributed by atoms with van der Waals surface area (Å²) < 4.78 is 0. The Morgan fingerprint density at radius 2 is 2.18 bits per heavy atom. The van der Waals surface area contributed by atoms with Crippen molar-refractivity contribution >= 4 is 11.5 Å². The van der Waals surface area contributed by atoms with Gasteiger partial charge in [0, 0.05) is 6.07 Å². The van der Waals surface area contributed by atoms with Crippen LogP contribution in [0.5, 0.6) is 0 Å². The van der Waals surface area contributed by atoms with E-state index in [0.717, 1.165) is 25.7 Å². The molecule has 6 heteroatoms. The lowest BCUT2D eigenvalue weighted by Gasteiger charge is -2.28. The number of hydrogen-bond donors (Lipinski definition) is 2. The van der Waals surface area contributed by atoms with Gasteiger partial charge in [-0.1, -0.05) is 12.8 Å². The van der Waals surface area contributed by atoms with Crippen LogP contribution in [0.3, 0.4) is 0 Å². The first-order valence-electron chi connectivity index (χ1n) is 5.72. The molecule has 2 N–H and O–H groups in total. The normalized spacial score (nSPS) is 24.3. The van der Waals surface area contributed by atoms with Crippen molar-refractivity contribution in [2.45, 2.75) is 37.8 Å². The van der Waals surface area contributed by atoms with Crippen LogP contribution in [-0.4, -0.2) is 27.2 Å². The Labute approximate surface area is 98.8 Å². The van der Waals surface area contributed by atoms with Gasteiger partial charge in [-0.3, -0.25) is 10.1 Å². The lowest BCUT2D eigenvalue weighted by Crippen LogP contribution is -2.36. The SMILES string of the molecule is O=[N+]([O-])c1ccc(N[C@H]2CCCC[C@@H]2O)nc1. The van der Waals surface area contributed by atoms with Crippen LogP contribution in [0.2, 0.25) is 0 Å². The van der Waals surface area contributed by atoms with Gasteiger partial charge in [-0.05, 0) is 18.9 Å². The Morgan fingerprint density at radius 1 is 1.41 bits per heavy atom. The van der Waals surface area contributed by atoms with Crippen molar-refractivity contribution < 1.29 is 10.0 Å². The first-order valence-corrected chi connectivity index (χ1v) is 5.72. The minimum Gasteiger partial charge on any atom is -0.391 e. The summed E-state index contributed by atoms with van der Waals surface area (Å²) in [6.07, 6.45) is 4.69. The van der Waals surface area contributed by atoms with Gasteiger partial charge in [0.25, 0.3) is 5.69 Å². The van der Waals surface area contributed by atoms with Crippen molar-refractivity contribution in [3.05, 3.63) is 28.4 Å². The van der Waals surface area contributed by atoms with Gasteiger partial charge < -0.3 is 10.4 Å². The molecule has 2 rings (SSSR count). The van der Waals surface area contributed by atoms with E-state index in [0.29, 0.717) is 5.82 Å². The molecule has 0 radical (unpaired) electrons. The molecule has 1 saturated carbocycles. The number of pyridine rings is 1. The topological polar surface area (TPSA) is 88.3 Å². The van der Waals surface area contributed by atoms with Gasteiger partial charge in [-0.25, -0.2) is 4.98 Å². The smallest absolute Gasteiger partial charge is 0.287 e. The molecule has 0 unspecified atom stereocenters. The molecule has 0 saturated heterocycles. The number of nitrogens with one attached hydrogen (secondary N) is 1. The minimum atomic E-state index is -0.480. The molecule has 1 heterocycles. The molecule has 1 aromatic heterocycles. The van der Waals surface area contributed by atoms with E-state index in [4.69, 9.17) is 0 Å². The van der Waals surface area contributed by atoms with Crippen LogP contribution in [-0.2, 0) is 0 Å². The first kappa shape index (κ1) is 11.8. The number of rotatable bonds is 3. The molecule has 1 fully saturated rings. The highest BCUT2D eigenvalue weighted by Crippen LogP contribution is 2.22. The predicted molar refractivity (Wildman–Crippen MR) is 62.8 cm³/mol. The van der Waals surface area contributed by atoms with E-state index >= 15 is 0 Å². The molecule has 0 aliphatic heterocycles. The van der Waals surface area contributed by atoms with Crippen LogP contribution in [0.15, 0.2) is 18.3 Å². The molecular formula is C11H15N3O3. The van der Waals surface area contributed by atoms with Crippen LogP contribution in [0, 0.1) is 10.1 Å². The van der Waals surface area contributed by atoms with Crippen LogP contribution in [0.4, 0.5) is 11.5 Å². The average molecular weight is 237 g/mol. The molecule has 6 nitrogen and oxygen atoms in total. The van der Waals surface area contributed by atoms with Gasteiger partial charge in [-0.2, -0.15) is 0 Å². The quantitative estimate of drug-likeness (QED) is 0.617. The molecule has 17 heavy (non-hydrogen) atoms. The maximum Gasteiger partial charge on any atom is 0.287 e. The monoisotopic (exact) mass is 237 g/mol. The Balaban J connectivity index is 2.00. The van der Waals surface area contributed by atoms with Crippen LogP contribution in [0.25, 0.3) is 0 Å². The van der Waals surface area contributed by atoms with Gasteiger partial charge >= 0.3 is 0 Å². The summed E-state index contributed by atoms with van der Waals surface area (Å²) in [5, 5.41) is 23.3. The zero-order chi connectivity index (χ0) is 12.3. The number of anilines is 1. The Bertz CT molecular complexity index is 393. The Hall–Kier alpha value is -1.69. The highest BCUT2D eigenvalue weighted by Gasteiger charge is 2.23. The maximum atomic E-state index is 10.5. The van der Waals surface area contributed by atoms with Gasteiger partial charge in [0.05, 0.1) is 17.1 Å². The largest absolute Gasteiger partial charge is 0.391 e. The molecule has 1 aromatic rings. The van der Waals surface area contributed by atoms with Gasteiger partial charge in [0.1, 0.15) is 12.0 Å². The highest BCUT2D eigenvalue weighted by atomic mass is 16.6. The molecule has 92 valence electrons. The van der Waals surface area contributed by atoms with E-state index in [-0.39, 0.29) is 17.8 Å². The summed E-state index contributed by atoms with van der Waals surface area (Å²) in [5.41, 5.74) is -0.0280. The number of hydrogen-bond acceptors (Lipinski definition) is 5. The van der Waals surface area contributed by atoms with Crippen LogP contribution in [0.1, 0.15) is 25.7 Å². The standard InChI is InChI=1S/C11H15N3O3/c15-10-4-2-1-3-9(10)13-11-6-5-8(7-12-11)14(16)17/h5-7,9-10,15H,1-4H2,(H,12,13)/t9-,10-/m0/s1. The third kappa shape index (κ3) is 2.91. The van der Waals surface area contributed by atoms with E-state index in [9.17, 15) is 15.2 Å². The first-order chi connectivity index (χ1) is 8.16. The summed E-state index contributed by atoms with van der Waals surface area (Å²) >= 11 is 0. The van der Waals surface area contributed by atoms with Crippen molar-refractivity contribution in [2.75, 3.05) is 5.32 Å². The summed E-state index contributed by atoms with van der Waals surface area (Å²) in [4.78, 5) is 13.9. The second-order valence-electron chi connectivity index (χ2n) is 4.26. The second kappa shape index (κ2) is 5.09. The fourth-order valence-corrected chi connectivity index (χ4v) is 2.05. The average Bonchev–Trinajstić information content (AvgIpc) is 2.33. The molecule has 1 aliphatic carbocycles. The molecule has 0 aromatic carbocycles. The molecule has 1 aliphatic rings. The third-order valence-electron chi connectivity index (χ3n) is 3.02. The van der Waals surface area contributed by atoms with Crippen molar-refractivity contribution in [3.8, 4) is 0 Å². The molecule has 0 amide bonds. The fourth-order valence-electron chi connectivity index (χ4n) is 2.05. The number of aromatic nitrogens is 1. The van der Waals surface area contributed by atoms with Gasteiger partial charge in [0.2, 0.25) is 0 Å². The number of nitro groups is 1. The number of nitrogens with zero attached hydrogens (tertiary/aromatic N) is 2. The highest BCUT2D eigenvalue weighted by molar-refractivity contribution is 5.41. The van der Waals surface area contributed by atoms with Gasteiger partial charge in [-0.15, -0.1) is 0 Å². The summed E-state index contributed by atoms with van der Waals surface area (Å²) in [6.45, 7) is 0. The van der Waals surface area contributed by atoms with Gasteiger partial charge in [0.15, 0.2) is 0 Å². The van der Waals surface area contributed by atoms with Crippen LogP contribution < -0.4 is 5.32 Å². The number of aliphatic hydroxyl groups excluding tert-OH is 1. The van der Waals surface area contributed by atoms with Crippen molar-refractivity contribution in [1.82, 2.24) is 4.98 Å². The van der Waals surface area contributed by atoms with E-state index < -0.39 is 4.92 Å².